The zero-order valence-electron chi connectivity index (χ0n) is 13.3. The lowest BCUT2D eigenvalue weighted by Crippen LogP contribution is -2.51. The minimum Gasteiger partial charge on any atom is -0.484 e. The van der Waals surface area contributed by atoms with Gasteiger partial charge in [-0.3, -0.25) is 9.69 Å². The summed E-state index contributed by atoms with van der Waals surface area (Å²) in [6, 6.07) is 9.94. The summed E-state index contributed by atoms with van der Waals surface area (Å²) >= 11 is 0. The van der Waals surface area contributed by atoms with E-state index in [1.54, 1.807) is 12.1 Å². The van der Waals surface area contributed by atoms with E-state index in [0.717, 1.165) is 31.7 Å². The molecular weight excluding hydrogens is 278 g/mol. The molecule has 0 spiro atoms. The van der Waals surface area contributed by atoms with Crippen LogP contribution in [0.3, 0.4) is 0 Å². The summed E-state index contributed by atoms with van der Waals surface area (Å²) < 4.78 is 5.54. The number of piperazine rings is 1. The van der Waals surface area contributed by atoms with Crippen molar-refractivity contribution in [1.82, 2.24) is 9.80 Å². The van der Waals surface area contributed by atoms with Crippen LogP contribution in [0, 0.1) is 11.3 Å². The molecular formula is C17H23N3O2. The van der Waals surface area contributed by atoms with E-state index in [0.29, 0.717) is 18.2 Å². The van der Waals surface area contributed by atoms with Crippen molar-refractivity contribution in [2.75, 3.05) is 32.8 Å². The third-order valence-corrected chi connectivity index (χ3v) is 3.97. The average molecular weight is 301 g/mol. The predicted octanol–water partition coefficient (Wildman–Crippen LogP) is 1.68. The van der Waals surface area contributed by atoms with Gasteiger partial charge >= 0.3 is 0 Å². The lowest BCUT2D eigenvalue weighted by atomic mass is 10.2. The van der Waals surface area contributed by atoms with Gasteiger partial charge in [0.05, 0.1) is 12.5 Å². The molecule has 1 saturated heterocycles. The predicted molar refractivity (Wildman–Crippen MR) is 84.5 cm³/mol. The molecule has 1 aromatic rings. The zero-order chi connectivity index (χ0) is 15.9. The van der Waals surface area contributed by atoms with E-state index < -0.39 is 0 Å². The van der Waals surface area contributed by atoms with E-state index in [2.05, 4.69) is 24.8 Å². The molecule has 5 nitrogen and oxygen atoms in total. The number of rotatable bonds is 5. The Balaban J connectivity index is 1.77. The van der Waals surface area contributed by atoms with Gasteiger partial charge in [0, 0.05) is 32.2 Å². The number of nitrogens with zero attached hydrogens (tertiary/aromatic N) is 3. The van der Waals surface area contributed by atoms with Crippen molar-refractivity contribution in [3.8, 4) is 11.8 Å². The monoisotopic (exact) mass is 301 g/mol. The Morgan fingerprint density at radius 2 is 1.86 bits per heavy atom. The molecule has 0 bridgehead atoms. The summed E-state index contributed by atoms with van der Waals surface area (Å²) in [5.74, 6) is 0.695. The maximum Gasteiger partial charge on any atom is 0.260 e. The van der Waals surface area contributed by atoms with Gasteiger partial charge in [0.1, 0.15) is 5.75 Å². The Hall–Kier alpha value is -2.06. The standard InChI is InChI=1S/C17H23N3O2/c1-14(2)19-9-11-20(12-10-19)17(21)13-22-16-5-3-15(4-6-16)7-8-18/h3-6,14H,7,9-13H2,1-2H3. The molecule has 1 heterocycles. The van der Waals surface area contributed by atoms with Crippen molar-refractivity contribution in [2.24, 2.45) is 0 Å². The number of ether oxygens (including phenoxy) is 1. The summed E-state index contributed by atoms with van der Waals surface area (Å²) in [5, 5.41) is 8.63. The van der Waals surface area contributed by atoms with E-state index in [-0.39, 0.29) is 12.5 Å². The lowest BCUT2D eigenvalue weighted by molar-refractivity contribution is -0.135. The fraction of sp³-hybridized carbons (Fsp3) is 0.529. The summed E-state index contributed by atoms with van der Waals surface area (Å²) in [7, 11) is 0. The molecule has 1 aliphatic rings. The minimum absolute atomic E-state index is 0.0320. The molecule has 0 radical (unpaired) electrons. The molecule has 0 atom stereocenters. The van der Waals surface area contributed by atoms with Crippen molar-refractivity contribution >= 4 is 5.91 Å². The first-order valence-corrected chi connectivity index (χ1v) is 7.70. The van der Waals surface area contributed by atoms with E-state index in [9.17, 15) is 4.79 Å². The van der Waals surface area contributed by atoms with Crippen molar-refractivity contribution in [1.29, 1.82) is 5.26 Å². The summed E-state index contributed by atoms with van der Waals surface area (Å²) in [6.07, 6.45) is 0.388. The molecule has 1 aromatic carbocycles. The molecule has 0 aromatic heterocycles. The van der Waals surface area contributed by atoms with Crippen molar-refractivity contribution in [3.63, 3.8) is 0 Å². The second-order valence-corrected chi connectivity index (χ2v) is 5.78. The van der Waals surface area contributed by atoms with Gasteiger partial charge in [0.15, 0.2) is 6.61 Å². The van der Waals surface area contributed by atoms with Crippen LogP contribution in [-0.2, 0) is 11.2 Å². The lowest BCUT2D eigenvalue weighted by Gasteiger charge is -2.36. The molecule has 1 amide bonds. The normalized spacial score (nSPS) is 15.6. The number of hydrogen-bond acceptors (Lipinski definition) is 4. The smallest absolute Gasteiger partial charge is 0.260 e. The third-order valence-electron chi connectivity index (χ3n) is 3.97. The first-order valence-electron chi connectivity index (χ1n) is 7.70. The molecule has 0 saturated carbocycles. The molecule has 1 aliphatic heterocycles. The highest BCUT2D eigenvalue weighted by Gasteiger charge is 2.22. The van der Waals surface area contributed by atoms with Gasteiger partial charge in [-0.05, 0) is 31.5 Å². The van der Waals surface area contributed by atoms with Gasteiger partial charge in [-0.25, -0.2) is 0 Å². The van der Waals surface area contributed by atoms with Crippen LogP contribution in [0.4, 0.5) is 0 Å². The van der Waals surface area contributed by atoms with Gasteiger partial charge < -0.3 is 9.64 Å². The largest absolute Gasteiger partial charge is 0.484 e. The van der Waals surface area contributed by atoms with Gasteiger partial charge in [-0.1, -0.05) is 12.1 Å². The fourth-order valence-electron chi connectivity index (χ4n) is 2.52. The van der Waals surface area contributed by atoms with E-state index in [1.165, 1.54) is 0 Å². The van der Waals surface area contributed by atoms with Crippen molar-refractivity contribution in [3.05, 3.63) is 29.8 Å². The van der Waals surface area contributed by atoms with Crippen LogP contribution in [0.25, 0.3) is 0 Å². The average Bonchev–Trinajstić information content (AvgIpc) is 2.54. The van der Waals surface area contributed by atoms with E-state index >= 15 is 0 Å². The second-order valence-electron chi connectivity index (χ2n) is 5.78. The summed E-state index contributed by atoms with van der Waals surface area (Å²) in [6.45, 7) is 7.80. The van der Waals surface area contributed by atoms with Crippen LogP contribution in [0.2, 0.25) is 0 Å². The number of nitriles is 1. The number of carbonyl (C=O) groups is 1. The Bertz CT molecular complexity index is 526. The molecule has 118 valence electrons. The van der Waals surface area contributed by atoms with E-state index in [4.69, 9.17) is 10.00 Å². The number of carbonyl (C=O) groups excluding carboxylic acids is 1. The van der Waals surface area contributed by atoms with Crippen LogP contribution in [0.1, 0.15) is 19.4 Å². The molecule has 2 rings (SSSR count). The van der Waals surface area contributed by atoms with Crippen molar-refractivity contribution < 1.29 is 9.53 Å². The highest BCUT2D eigenvalue weighted by Crippen LogP contribution is 2.13. The third kappa shape index (κ3) is 4.47. The van der Waals surface area contributed by atoms with Crippen molar-refractivity contribution in [2.45, 2.75) is 26.3 Å². The quantitative estimate of drug-likeness (QED) is 0.830. The molecule has 0 aliphatic carbocycles. The Kier molecular flexibility index (Phi) is 5.79. The van der Waals surface area contributed by atoms with Crippen LogP contribution in [-0.4, -0.2) is 54.5 Å². The van der Waals surface area contributed by atoms with E-state index in [1.807, 2.05) is 17.0 Å². The van der Waals surface area contributed by atoms with Gasteiger partial charge in [-0.15, -0.1) is 0 Å². The van der Waals surface area contributed by atoms with Gasteiger partial charge in [0.25, 0.3) is 5.91 Å². The highest BCUT2D eigenvalue weighted by atomic mass is 16.5. The molecule has 5 heteroatoms. The number of hydrogen-bond donors (Lipinski definition) is 0. The van der Waals surface area contributed by atoms with Gasteiger partial charge in [0.2, 0.25) is 0 Å². The van der Waals surface area contributed by atoms with Crippen LogP contribution >= 0.6 is 0 Å². The Morgan fingerprint density at radius 3 is 2.41 bits per heavy atom. The first kappa shape index (κ1) is 16.3. The zero-order valence-corrected chi connectivity index (χ0v) is 13.3. The first-order chi connectivity index (χ1) is 10.6. The maximum absolute atomic E-state index is 12.2. The second kappa shape index (κ2) is 7.81. The molecule has 1 fully saturated rings. The van der Waals surface area contributed by atoms with Crippen LogP contribution < -0.4 is 4.74 Å². The molecule has 22 heavy (non-hydrogen) atoms. The topological polar surface area (TPSA) is 56.6 Å². The highest BCUT2D eigenvalue weighted by molar-refractivity contribution is 5.77. The maximum atomic E-state index is 12.2. The minimum atomic E-state index is 0.0320. The molecule has 0 N–H and O–H groups in total. The fourth-order valence-corrected chi connectivity index (χ4v) is 2.52. The summed E-state index contributed by atoms with van der Waals surface area (Å²) in [4.78, 5) is 16.4. The number of benzene rings is 1. The van der Waals surface area contributed by atoms with Crippen LogP contribution in [0.5, 0.6) is 5.75 Å². The van der Waals surface area contributed by atoms with Crippen LogP contribution in [0.15, 0.2) is 24.3 Å². The summed E-state index contributed by atoms with van der Waals surface area (Å²) in [5.41, 5.74) is 0.950. The Morgan fingerprint density at radius 1 is 1.23 bits per heavy atom. The SMILES string of the molecule is CC(C)N1CCN(C(=O)COc2ccc(CC#N)cc2)CC1. The number of amides is 1. The Labute approximate surface area is 132 Å². The molecule has 0 unspecified atom stereocenters. The van der Waals surface area contributed by atoms with Gasteiger partial charge in [-0.2, -0.15) is 5.26 Å².